The minimum Gasteiger partial charge on any atom is -0.354 e. The van der Waals surface area contributed by atoms with Gasteiger partial charge in [-0.05, 0) is 62.4 Å². The molecule has 0 saturated carbocycles. The lowest BCUT2D eigenvalue weighted by molar-refractivity contribution is -0.129. The Bertz CT molecular complexity index is 1670. The van der Waals surface area contributed by atoms with E-state index in [4.69, 9.17) is 0 Å². The smallest absolute Gasteiger partial charge is 0.242 e. The molecule has 4 N–H and O–H groups in total. The summed E-state index contributed by atoms with van der Waals surface area (Å²) in [7, 11) is 0. The number of rotatable bonds is 14. The molecule has 0 fully saturated rings. The van der Waals surface area contributed by atoms with Gasteiger partial charge in [0.1, 0.15) is 17.6 Å². The number of nitrogens with zero attached hydrogens (tertiary/aromatic N) is 1. The van der Waals surface area contributed by atoms with Crippen LogP contribution in [0.2, 0.25) is 0 Å². The van der Waals surface area contributed by atoms with E-state index in [2.05, 4.69) is 49.9 Å². The first kappa shape index (κ1) is 29.8. The number of benzene rings is 3. The van der Waals surface area contributed by atoms with Gasteiger partial charge in [-0.25, -0.2) is 4.98 Å². The first-order valence-electron chi connectivity index (χ1n) is 15.1. The van der Waals surface area contributed by atoms with Crippen LogP contribution in [0.3, 0.4) is 0 Å². The number of imidazole rings is 1. The molecule has 2 aromatic heterocycles. The molecule has 2 heterocycles. The molecule has 2 atom stereocenters. The molecule has 222 valence electrons. The number of carbonyl (C=O) groups excluding carboxylic acids is 3. The average molecular weight is 578 g/mol. The fourth-order valence-corrected chi connectivity index (χ4v) is 5.51. The van der Waals surface area contributed by atoms with Gasteiger partial charge >= 0.3 is 0 Å². The molecule has 43 heavy (non-hydrogen) atoms. The molecule has 0 spiro atoms. The van der Waals surface area contributed by atoms with Gasteiger partial charge in [-0.3, -0.25) is 9.59 Å². The second kappa shape index (κ2) is 14.0. The molecule has 5 aromatic rings. The van der Waals surface area contributed by atoms with Crippen molar-refractivity contribution in [3.05, 3.63) is 90.3 Å². The van der Waals surface area contributed by atoms with Crippen molar-refractivity contribution in [1.82, 2.24) is 25.6 Å². The summed E-state index contributed by atoms with van der Waals surface area (Å²) in [6.07, 6.45) is 3.97. The molecular weight excluding hydrogens is 538 g/mol. The molecule has 8 nitrogen and oxygen atoms in total. The van der Waals surface area contributed by atoms with E-state index in [-0.39, 0.29) is 17.6 Å². The number of nitrogens with one attached hydrogen (secondary N) is 4. The van der Waals surface area contributed by atoms with Crippen molar-refractivity contribution in [2.45, 2.75) is 64.3 Å². The summed E-state index contributed by atoms with van der Waals surface area (Å²) < 4.78 is 0. The third-order valence-electron chi connectivity index (χ3n) is 7.92. The lowest BCUT2D eigenvalue weighted by atomic mass is 10.0. The van der Waals surface area contributed by atoms with Crippen LogP contribution in [0.25, 0.3) is 33.2 Å². The highest BCUT2D eigenvalue weighted by Crippen LogP contribution is 2.30. The van der Waals surface area contributed by atoms with Crippen molar-refractivity contribution < 1.29 is 14.4 Å². The van der Waals surface area contributed by atoms with Crippen LogP contribution >= 0.6 is 0 Å². The summed E-state index contributed by atoms with van der Waals surface area (Å²) in [5.41, 5.74) is 6.00. The highest BCUT2D eigenvalue weighted by molar-refractivity contribution is 5.92. The number of H-pyrrole nitrogens is 2. The molecular formula is C35H39N5O3. The number of aromatic nitrogens is 3. The second-order valence-electron chi connectivity index (χ2n) is 11.2. The molecule has 0 bridgehead atoms. The van der Waals surface area contributed by atoms with Crippen molar-refractivity contribution in [2.75, 3.05) is 6.54 Å². The third-order valence-corrected chi connectivity index (χ3v) is 7.92. The van der Waals surface area contributed by atoms with Crippen LogP contribution in [-0.2, 0) is 20.8 Å². The molecule has 0 aliphatic rings. The van der Waals surface area contributed by atoms with Gasteiger partial charge in [0, 0.05) is 29.6 Å². The van der Waals surface area contributed by atoms with E-state index in [0.717, 1.165) is 58.0 Å². The van der Waals surface area contributed by atoms with Crippen molar-refractivity contribution >= 4 is 39.5 Å². The Morgan fingerprint density at radius 2 is 1.53 bits per heavy atom. The van der Waals surface area contributed by atoms with Crippen molar-refractivity contribution in [1.29, 1.82) is 0 Å². The SMILES string of the molecule is CC(=O)CCCCC[C@H](NC(=O)C(C)c1nc2ccccc2[nH]1)C(=O)NCCc1c(-c2ccccc2)[nH]c2ccccc12. The van der Waals surface area contributed by atoms with E-state index in [1.165, 1.54) is 0 Å². The number of para-hydroxylation sites is 3. The van der Waals surface area contributed by atoms with Crippen LogP contribution in [0.5, 0.6) is 0 Å². The van der Waals surface area contributed by atoms with E-state index in [1.807, 2.05) is 54.6 Å². The number of hydrogen-bond donors (Lipinski definition) is 4. The van der Waals surface area contributed by atoms with Gasteiger partial charge in [0.25, 0.3) is 0 Å². The number of aromatic amines is 2. The maximum Gasteiger partial charge on any atom is 0.242 e. The Morgan fingerprint density at radius 3 is 2.30 bits per heavy atom. The molecule has 0 saturated heterocycles. The molecule has 0 aliphatic carbocycles. The lowest BCUT2D eigenvalue weighted by Gasteiger charge is -2.20. The van der Waals surface area contributed by atoms with Gasteiger partial charge in [0.05, 0.1) is 17.0 Å². The summed E-state index contributed by atoms with van der Waals surface area (Å²) in [4.78, 5) is 49.5. The molecule has 0 radical (unpaired) electrons. The number of ketones is 1. The van der Waals surface area contributed by atoms with Crippen molar-refractivity contribution in [2.24, 2.45) is 0 Å². The van der Waals surface area contributed by atoms with Crippen LogP contribution < -0.4 is 10.6 Å². The zero-order chi connectivity index (χ0) is 30.2. The standard InChI is InChI=1S/C35H39N5O3/c1-23(41)13-5-3-8-20-31(40-34(42)24(2)33-38-29-18-11-12-19-30(29)39-33)35(43)36-22-21-27-26-16-9-10-17-28(26)37-32(27)25-14-6-4-7-15-25/h4,6-7,9-12,14-19,24,31,37H,3,5,8,13,20-22H2,1-2H3,(H,36,43)(H,38,39)(H,40,42)/t24?,31-/m0/s1. The quantitative estimate of drug-likeness (QED) is 0.118. The largest absolute Gasteiger partial charge is 0.354 e. The molecule has 0 aliphatic heterocycles. The van der Waals surface area contributed by atoms with E-state index >= 15 is 0 Å². The van der Waals surface area contributed by atoms with Crippen LogP contribution in [0.15, 0.2) is 78.9 Å². The van der Waals surface area contributed by atoms with E-state index in [9.17, 15) is 14.4 Å². The zero-order valence-electron chi connectivity index (χ0n) is 24.8. The first-order chi connectivity index (χ1) is 20.9. The fourth-order valence-electron chi connectivity index (χ4n) is 5.51. The molecule has 1 unspecified atom stereocenters. The number of hydrogen-bond acceptors (Lipinski definition) is 4. The van der Waals surface area contributed by atoms with Gasteiger partial charge in [-0.2, -0.15) is 0 Å². The monoisotopic (exact) mass is 577 g/mol. The van der Waals surface area contributed by atoms with Gasteiger partial charge < -0.3 is 25.4 Å². The Morgan fingerprint density at radius 1 is 0.814 bits per heavy atom. The van der Waals surface area contributed by atoms with E-state index in [1.54, 1.807) is 13.8 Å². The number of amides is 2. The highest BCUT2D eigenvalue weighted by Gasteiger charge is 2.26. The topological polar surface area (TPSA) is 120 Å². The summed E-state index contributed by atoms with van der Waals surface area (Å²) in [6, 6.07) is 25.3. The highest BCUT2D eigenvalue weighted by atomic mass is 16.2. The van der Waals surface area contributed by atoms with Crippen LogP contribution in [-0.4, -0.2) is 45.1 Å². The molecule has 5 rings (SSSR count). The zero-order valence-corrected chi connectivity index (χ0v) is 24.8. The first-order valence-corrected chi connectivity index (χ1v) is 15.1. The van der Waals surface area contributed by atoms with E-state index in [0.29, 0.717) is 31.6 Å². The molecule has 8 heteroatoms. The van der Waals surface area contributed by atoms with Gasteiger partial charge in [0.2, 0.25) is 11.8 Å². The Hall–Kier alpha value is -4.72. The predicted molar refractivity (Wildman–Crippen MR) is 171 cm³/mol. The predicted octanol–water partition coefficient (Wildman–Crippen LogP) is 6.20. The summed E-state index contributed by atoms with van der Waals surface area (Å²) in [5.74, 6) is -0.301. The summed E-state index contributed by atoms with van der Waals surface area (Å²) >= 11 is 0. The second-order valence-corrected chi connectivity index (χ2v) is 11.2. The van der Waals surface area contributed by atoms with E-state index < -0.39 is 12.0 Å². The fraction of sp³-hybridized carbons (Fsp3) is 0.314. The van der Waals surface area contributed by atoms with Gasteiger partial charge in [-0.1, -0.05) is 73.5 Å². The number of Topliss-reactive ketones (excluding diaryl/α,β-unsaturated/α-hetero) is 1. The summed E-state index contributed by atoms with van der Waals surface area (Å²) in [5, 5.41) is 7.20. The maximum atomic E-state index is 13.5. The van der Waals surface area contributed by atoms with Crippen molar-refractivity contribution in [3.8, 4) is 11.3 Å². The van der Waals surface area contributed by atoms with Crippen LogP contribution in [0, 0.1) is 0 Å². The van der Waals surface area contributed by atoms with Crippen LogP contribution in [0.4, 0.5) is 0 Å². The normalized spacial score (nSPS) is 12.7. The number of fused-ring (bicyclic) bond motifs is 2. The van der Waals surface area contributed by atoms with Gasteiger partial charge in [-0.15, -0.1) is 0 Å². The lowest BCUT2D eigenvalue weighted by Crippen LogP contribution is -2.48. The minimum atomic E-state index is -0.687. The van der Waals surface area contributed by atoms with Crippen LogP contribution in [0.1, 0.15) is 63.3 Å². The molecule has 2 amide bonds. The third kappa shape index (κ3) is 7.38. The Labute approximate surface area is 251 Å². The minimum absolute atomic E-state index is 0.161. The Balaban J connectivity index is 1.26. The van der Waals surface area contributed by atoms with Gasteiger partial charge in [0.15, 0.2) is 0 Å². The van der Waals surface area contributed by atoms with Crippen molar-refractivity contribution in [3.63, 3.8) is 0 Å². The number of unbranched alkanes of at least 4 members (excludes halogenated alkanes) is 2. The molecule has 3 aromatic carbocycles. The summed E-state index contributed by atoms with van der Waals surface area (Å²) in [6.45, 7) is 3.81. The maximum absolute atomic E-state index is 13.5. The number of carbonyl (C=O) groups is 3. The average Bonchev–Trinajstić information content (AvgIpc) is 3.62. The Kier molecular flexibility index (Phi) is 9.66.